The van der Waals surface area contributed by atoms with Gasteiger partial charge in [-0.15, -0.1) is 0 Å². The molecule has 1 aromatic carbocycles. The summed E-state index contributed by atoms with van der Waals surface area (Å²) in [4.78, 5) is 11.1. The molecule has 0 radical (unpaired) electrons. The molecule has 0 bridgehead atoms. The number of halogens is 1. The van der Waals surface area contributed by atoms with E-state index in [0.717, 1.165) is 49.5 Å². The second-order valence-electron chi connectivity index (χ2n) is 7.29. The van der Waals surface area contributed by atoms with E-state index in [-0.39, 0.29) is 17.8 Å². The number of nitrogens with zero attached hydrogens (tertiary/aromatic N) is 3. The van der Waals surface area contributed by atoms with E-state index in [1.807, 2.05) is 18.2 Å². The molecule has 6 nitrogen and oxygen atoms in total. The molecule has 0 aliphatic carbocycles. The van der Waals surface area contributed by atoms with Crippen molar-refractivity contribution in [1.29, 1.82) is 0 Å². The Kier molecular flexibility index (Phi) is 6.05. The molecule has 2 aromatic heterocycles. The van der Waals surface area contributed by atoms with Crippen LogP contribution < -0.4 is 10.2 Å². The zero-order valence-corrected chi connectivity index (χ0v) is 16.2. The minimum atomic E-state index is -0.250. The number of hydrogen-bond acceptors (Lipinski definition) is 6. The van der Waals surface area contributed by atoms with Gasteiger partial charge in [-0.05, 0) is 55.2 Å². The highest BCUT2D eigenvalue weighted by atomic mass is 19.1. The lowest BCUT2D eigenvalue weighted by Crippen LogP contribution is -2.36. The van der Waals surface area contributed by atoms with Crippen LogP contribution in [0.5, 0.6) is 0 Å². The lowest BCUT2D eigenvalue weighted by molar-refractivity contribution is 0.145. The Morgan fingerprint density at radius 1 is 1.17 bits per heavy atom. The number of rotatable bonds is 7. The van der Waals surface area contributed by atoms with Gasteiger partial charge in [0.2, 0.25) is 5.95 Å². The number of furan rings is 1. The van der Waals surface area contributed by atoms with Gasteiger partial charge in [0, 0.05) is 31.7 Å². The average molecular weight is 396 g/mol. The molecule has 2 N–H and O–H groups in total. The molecular weight excluding hydrogens is 371 g/mol. The third kappa shape index (κ3) is 4.92. The maximum Gasteiger partial charge on any atom is 0.224 e. The second kappa shape index (κ2) is 9.05. The molecular formula is C22H25FN4O2. The molecule has 0 spiro atoms. The Morgan fingerprint density at radius 2 is 1.97 bits per heavy atom. The van der Waals surface area contributed by atoms with Crippen LogP contribution in [0.2, 0.25) is 0 Å². The first-order valence-corrected chi connectivity index (χ1v) is 9.98. The first-order chi connectivity index (χ1) is 14.2. The predicted octanol–water partition coefficient (Wildman–Crippen LogP) is 3.80. The van der Waals surface area contributed by atoms with Crippen LogP contribution in [0.3, 0.4) is 0 Å². The first-order valence-electron chi connectivity index (χ1n) is 9.98. The van der Waals surface area contributed by atoms with Crippen LogP contribution in [0.15, 0.2) is 59.3 Å². The Bertz CT molecular complexity index is 893. The van der Waals surface area contributed by atoms with Crippen molar-refractivity contribution < 1.29 is 13.9 Å². The molecule has 0 saturated carbocycles. The molecule has 1 aliphatic heterocycles. The van der Waals surface area contributed by atoms with Gasteiger partial charge in [0.05, 0.1) is 12.4 Å². The average Bonchev–Trinajstić information content (AvgIpc) is 3.27. The lowest BCUT2D eigenvalue weighted by Gasteiger charge is -2.30. The molecule has 4 rings (SSSR count). The van der Waals surface area contributed by atoms with Gasteiger partial charge in [-0.25, -0.2) is 9.37 Å². The van der Waals surface area contributed by atoms with Gasteiger partial charge in [0.1, 0.15) is 17.4 Å². The standard InChI is InChI=1S/C22H25FN4O2/c23-17-5-3-16(4-6-17)19(20-2-1-15-29-20)7-11-24-22-25-12-8-21(26-22)27-13-9-18(28)10-14-27/h1-6,8,12,15,18-19,28H,7,9-11,13-14H2,(H,24,25,26)/t19-/m1/s1. The number of aliphatic hydroxyl groups excluding tert-OH is 1. The lowest BCUT2D eigenvalue weighted by atomic mass is 9.93. The Hall–Kier alpha value is -2.93. The van der Waals surface area contributed by atoms with Crippen molar-refractivity contribution in [3.63, 3.8) is 0 Å². The van der Waals surface area contributed by atoms with E-state index in [1.165, 1.54) is 12.1 Å². The minimum Gasteiger partial charge on any atom is -0.469 e. The van der Waals surface area contributed by atoms with Crippen LogP contribution in [0.4, 0.5) is 16.2 Å². The van der Waals surface area contributed by atoms with Gasteiger partial charge < -0.3 is 19.7 Å². The van der Waals surface area contributed by atoms with Crippen molar-refractivity contribution in [2.24, 2.45) is 0 Å². The van der Waals surface area contributed by atoms with Crippen molar-refractivity contribution >= 4 is 11.8 Å². The Morgan fingerprint density at radius 3 is 2.69 bits per heavy atom. The van der Waals surface area contributed by atoms with Gasteiger partial charge in [-0.2, -0.15) is 4.98 Å². The maximum absolute atomic E-state index is 13.3. The van der Waals surface area contributed by atoms with Crippen LogP contribution in [0, 0.1) is 5.82 Å². The zero-order valence-electron chi connectivity index (χ0n) is 16.2. The van der Waals surface area contributed by atoms with Crippen molar-refractivity contribution in [1.82, 2.24) is 9.97 Å². The zero-order chi connectivity index (χ0) is 20.1. The van der Waals surface area contributed by atoms with Crippen molar-refractivity contribution in [3.05, 3.63) is 72.1 Å². The molecule has 1 aliphatic rings. The van der Waals surface area contributed by atoms with E-state index < -0.39 is 0 Å². The fraction of sp³-hybridized carbons (Fsp3) is 0.364. The summed E-state index contributed by atoms with van der Waals surface area (Å²) >= 11 is 0. The third-order valence-corrected chi connectivity index (χ3v) is 5.30. The van der Waals surface area contributed by atoms with E-state index in [1.54, 1.807) is 24.6 Å². The number of benzene rings is 1. The van der Waals surface area contributed by atoms with Gasteiger partial charge in [0.25, 0.3) is 0 Å². The quantitative estimate of drug-likeness (QED) is 0.633. The summed E-state index contributed by atoms with van der Waals surface area (Å²) in [5.74, 6) is 2.06. The molecule has 3 aromatic rings. The fourth-order valence-corrected chi connectivity index (χ4v) is 3.69. The largest absolute Gasteiger partial charge is 0.469 e. The number of aromatic nitrogens is 2. The first kappa shape index (κ1) is 19.4. The molecule has 7 heteroatoms. The highest BCUT2D eigenvalue weighted by Gasteiger charge is 2.19. The van der Waals surface area contributed by atoms with Gasteiger partial charge in [-0.1, -0.05) is 12.1 Å². The second-order valence-corrected chi connectivity index (χ2v) is 7.29. The molecule has 29 heavy (non-hydrogen) atoms. The highest BCUT2D eigenvalue weighted by molar-refractivity contribution is 5.43. The molecule has 0 amide bonds. The van der Waals surface area contributed by atoms with Gasteiger partial charge >= 0.3 is 0 Å². The van der Waals surface area contributed by atoms with Crippen LogP contribution in [-0.4, -0.2) is 40.8 Å². The number of aliphatic hydroxyl groups is 1. The number of nitrogens with one attached hydrogen (secondary N) is 1. The van der Waals surface area contributed by atoms with Crippen molar-refractivity contribution in [2.75, 3.05) is 29.9 Å². The minimum absolute atomic E-state index is 0.0184. The summed E-state index contributed by atoms with van der Waals surface area (Å²) in [5.41, 5.74) is 1.00. The Labute approximate surface area is 169 Å². The maximum atomic E-state index is 13.3. The molecule has 1 atom stereocenters. The van der Waals surface area contributed by atoms with E-state index in [9.17, 15) is 9.50 Å². The van der Waals surface area contributed by atoms with Crippen molar-refractivity contribution in [3.8, 4) is 0 Å². The Balaban J connectivity index is 1.40. The highest BCUT2D eigenvalue weighted by Crippen LogP contribution is 2.28. The molecule has 1 fully saturated rings. The molecule has 3 heterocycles. The summed E-state index contributed by atoms with van der Waals surface area (Å²) in [6, 6.07) is 12.2. The SMILES string of the molecule is OC1CCN(c2ccnc(NCC[C@H](c3ccc(F)cc3)c3ccco3)n2)CC1. The predicted molar refractivity (Wildman–Crippen MR) is 110 cm³/mol. The monoisotopic (exact) mass is 396 g/mol. The molecule has 152 valence electrons. The summed E-state index contributed by atoms with van der Waals surface area (Å²) < 4.78 is 18.9. The number of piperidine rings is 1. The smallest absolute Gasteiger partial charge is 0.224 e. The van der Waals surface area contributed by atoms with Crippen LogP contribution in [-0.2, 0) is 0 Å². The van der Waals surface area contributed by atoms with Crippen molar-refractivity contribution in [2.45, 2.75) is 31.3 Å². The normalized spacial score (nSPS) is 16.0. The molecule has 0 unspecified atom stereocenters. The molecule has 1 saturated heterocycles. The van der Waals surface area contributed by atoms with E-state index in [4.69, 9.17) is 4.42 Å². The van der Waals surface area contributed by atoms with Gasteiger partial charge in [-0.3, -0.25) is 0 Å². The summed E-state index contributed by atoms with van der Waals surface area (Å²) in [6.07, 6.45) is 5.46. The van der Waals surface area contributed by atoms with E-state index >= 15 is 0 Å². The number of anilines is 2. The topological polar surface area (TPSA) is 74.4 Å². The summed E-state index contributed by atoms with van der Waals surface area (Å²) in [6.45, 7) is 2.23. The number of hydrogen-bond donors (Lipinski definition) is 2. The summed E-state index contributed by atoms with van der Waals surface area (Å²) in [5, 5.41) is 13.0. The third-order valence-electron chi connectivity index (χ3n) is 5.30. The van der Waals surface area contributed by atoms with E-state index in [2.05, 4.69) is 20.2 Å². The summed E-state index contributed by atoms with van der Waals surface area (Å²) in [7, 11) is 0. The van der Waals surface area contributed by atoms with Crippen LogP contribution in [0.1, 0.15) is 36.5 Å². The fourth-order valence-electron chi connectivity index (χ4n) is 3.69. The van der Waals surface area contributed by atoms with E-state index in [0.29, 0.717) is 12.5 Å². The van der Waals surface area contributed by atoms with Crippen LogP contribution >= 0.6 is 0 Å². The van der Waals surface area contributed by atoms with Gasteiger partial charge in [0.15, 0.2) is 0 Å². The van der Waals surface area contributed by atoms with Crippen LogP contribution in [0.25, 0.3) is 0 Å².